The molecule has 12 aromatic carbocycles. The number of ether oxygens (including phenoxy) is 4. The van der Waals surface area contributed by atoms with Crippen molar-refractivity contribution in [3.8, 4) is 104 Å². The number of terminal acetylenes is 2. The van der Waals surface area contributed by atoms with Crippen LogP contribution in [0.25, 0.3) is 22.3 Å². The number of sulfone groups is 2. The average Bonchev–Trinajstić information content (AvgIpc) is 0.719. The van der Waals surface area contributed by atoms with Crippen molar-refractivity contribution in [1.29, 1.82) is 0 Å². The van der Waals surface area contributed by atoms with Crippen molar-refractivity contribution in [3.05, 3.63) is 312 Å². The van der Waals surface area contributed by atoms with E-state index in [1.165, 1.54) is 44.6 Å². The van der Waals surface area contributed by atoms with Crippen LogP contribution in [0.4, 0.5) is 61.5 Å². The molecule has 0 spiro atoms. The molecule has 0 saturated carbocycles. The largest absolute Gasteiger partial charge is 1.00 e. The SMILES string of the molecule is C#Cc1ccc(-c2cc(O)ccc2O)cc1.C#Cc1ccc(-c2cc(Oc3ccc(S(=O)(=O)c4c[c-]c(Oc5ccc(C(c6ccc(OC)cc6)(C(F)(F)F)C(F)(F)F)cc5)cc4)cc3S(=O)(=O)[O-])ccc2OC)cc1.O=S(=O)([O-])c1cc(S(=O)(=O)c2c[c-]c(F)cc2)ccc1F.O=S(=O)=O.O=S(=O)=O.Oc1ccc(C(c2ccc(O)cc2)(C(F)(F)F)C(F)(F)F)cc1.[Na+].[Na+].[Na+].[Na+]. The second-order valence-electron chi connectivity index (χ2n) is 25.3. The number of hydrogen-bond acceptors (Lipinski definition) is 24. The molecule has 0 atom stereocenters. The van der Waals surface area contributed by atoms with Crippen LogP contribution in [-0.4, -0.2) is 127 Å². The van der Waals surface area contributed by atoms with Gasteiger partial charge in [0, 0.05) is 33.8 Å². The zero-order chi connectivity index (χ0) is 95.7. The van der Waals surface area contributed by atoms with E-state index in [9.17, 15) is 114 Å². The Morgan fingerprint density at radius 1 is 0.364 bits per heavy atom. The first kappa shape index (κ1) is 116. The average molecular weight is 2000 g/mol. The fourth-order valence-corrected chi connectivity index (χ4v) is 15.6. The summed E-state index contributed by atoms with van der Waals surface area (Å²) >= 11 is 0. The first-order valence-electron chi connectivity index (χ1n) is 34.4. The predicted octanol–water partition coefficient (Wildman–Crippen LogP) is 4.65. The van der Waals surface area contributed by atoms with Gasteiger partial charge in [0.1, 0.15) is 77.8 Å². The third kappa shape index (κ3) is 29.1. The fourth-order valence-electron chi connectivity index (χ4n) is 11.7. The number of phenolic OH excluding ortho intramolecular Hbond substituents is 4. The van der Waals surface area contributed by atoms with Crippen molar-refractivity contribution >= 4 is 61.1 Å². The molecular weight excluding hydrogens is 1940 g/mol. The van der Waals surface area contributed by atoms with Crippen LogP contribution in [0, 0.1) is 48.5 Å². The Labute approximate surface area is 834 Å². The van der Waals surface area contributed by atoms with E-state index in [1.54, 1.807) is 42.5 Å². The normalized spacial score (nSPS) is 11.4. The number of halogens is 14. The fraction of sp³-hybridized carbons (Fsp3) is 0.0952. The Morgan fingerprint density at radius 2 is 0.712 bits per heavy atom. The molecule has 0 fully saturated rings. The molecule has 0 aromatic heterocycles. The molecule has 0 aliphatic heterocycles. The molecule has 0 heterocycles. The van der Waals surface area contributed by atoms with Gasteiger partial charge in [-0.3, -0.25) is 0 Å². The summed E-state index contributed by atoms with van der Waals surface area (Å²) in [7, 11) is -22.8. The van der Waals surface area contributed by atoms with E-state index in [2.05, 4.69) is 17.9 Å². The van der Waals surface area contributed by atoms with Gasteiger partial charge >= 0.3 is 164 Å². The van der Waals surface area contributed by atoms with Gasteiger partial charge in [-0.2, -0.15) is 77.0 Å². The summed E-state index contributed by atoms with van der Waals surface area (Å²) in [5.41, 5.74) is -9.11. The van der Waals surface area contributed by atoms with Crippen LogP contribution in [0.1, 0.15) is 33.4 Å². The Bertz CT molecular complexity index is 6720. The maximum atomic E-state index is 14.5. The van der Waals surface area contributed by atoms with Gasteiger partial charge in [0.05, 0.1) is 33.8 Å². The van der Waals surface area contributed by atoms with E-state index in [0.717, 1.165) is 114 Å². The molecule has 24 nitrogen and oxygen atoms in total. The number of benzene rings is 12. The number of alkyl halides is 12. The number of rotatable bonds is 18. The molecule has 48 heteroatoms. The quantitative estimate of drug-likeness (QED) is 0.0173. The number of methoxy groups -OCH3 is 2. The standard InChI is InChI=1S/C43H29F6O9S2.C15H10F6O2.C14H10O2.C12H7F2O5S2.4Na.2O3S/c1-4-27-5-7-28(8-6-27)37-25-34(19-23-38(37)56-3)58-39-24-22-36(26-40(39)60(52,53)54)59(50,51)35-20-17-33(18-21-35)57-32-15-11-30(12-16-32)41(42(44,45)46,43(47,48)49)29-9-13-31(55-2)14-10-29;16-14(17,18)13(15(19,20)21,9-1-5-11(22)6-2-9)10-3-7-12(23)8-4-10;1-2-10-3-5-11(6-4-10)13-9-12(15)7-8-14(13)16;13-8-1-3-9(4-2-8)20(15,16)10-5-6-11(14)12(7-10)21(17,18)19;;;;;2*1-4(2)3/h1,5-17,19-26H,2-3H3,(H,52,53,54);1-8,22-23H;1,3-9,15-16H;1,3-7H,(H,17,18,19);;;;;;/q-1;;;-1;4*+1;;/p-2. The maximum absolute atomic E-state index is 14.5. The molecule has 12 rings (SSSR count). The van der Waals surface area contributed by atoms with Crippen molar-refractivity contribution in [2.24, 2.45) is 0 Å². The molecule has 4 N–H and O–H groups in total. The van der Waals surface area contributed by atoms with Crippen molar-refractivity contribution in [2.75, 3.05) is 14.2 Å². The van der Waals surface area contributed by atoms with Gasteiger partial charge in [-0.15, -0.1) is 62.4 Å². The van der Waals surface area contributed by atoms with E-state index in [0.29, 0.717) is 94.7 Å². The second kappa shape index (κ2) is 48.4. The molecule has 132 heavy (non-hydrogen) atoms. The Kier molecular flexibility index (Phi) is 42.6. The van der Waals surface area contributed by atoms with Gasteiger partial charge in [-0.1, -0.05) is 84.6 Å². The first-order chi connectivity index (χ1) is 59.5. The summed E-state index contributed by atoms with van der Waals surface area (Å²) in [6, 6.07) is 49.3. The van der Waals surface area contributed by atoms with Crippen LogP contribution in [0.15, 0.2) is 284 Å². The zero-order valence-electron chi connectivity index (χ0n) is 68.1. The number of aromatic hydroxyl groups is 4. The predicted molar refractivity (Wildman–Crippen MR) is 421 cm³/mol. The molecule has 0 aliphatic carbocycles. The smallest absolute Gasteiger partial charge is 0.744 e. The molecule has 672 valence electrons. The molecular formula is C84H54F14Na4O24S6. The van der Waals surface area contributed by atoms with E-state index < -0.39 is 172 Å². The first-order valence-corrected chi connectivity index (χ1v) is 42.2. The topological polar surface area (TPSA) is 403 Å². The van der Waals surface area contributed by atoms with Gasteiger partial charge < -0.3 is 48.5 Å². The van der Waals surface area contributed by atoms with Gasteiger partial charge in [-0.05, 0) is 189 Å². The third-order valence-electron chi connectivity index (χ3n) is 17.5. The Hall–Kier alpha value is -9.86. The summed E-state index contributed by atoms with van der Waals surface area (Å²) in [6.07, 6.45) is -12.4. The van der Waals surface area contributed by atoms with E-state index in [1.807, 2.05) is 18.2 Å². The van der Waals surface area contributed by atoms with Crippen molar-refractivity contribution in [1.82, 2.24) is 0 Å². The van der Waals surface area contributed by atoms with Crippen LogP contribution in [0.3, 0.4) is 0 Å². The van der Waals surface area contributed by atoms with Crippen molar-refractivity contribution in [2.45, 2.75) is 64.9 Å². The van der Waals surface area contributed by atoms with Crippen molar-refractivity contribution in [3.63, 3.8) is 0 Å². The van der Waals surface area contributed by atoms with Crippen molar-refractivity contribution < 1.29 is 287 Å². The number of hydrogen-bond donors (Lipinski definition) is 4. The van der Waals surface area contributed by atoms with Gasteiger partial charge in [-0.25, -0.2) is 42.5 Å². The monoisotopic (exact) mass is 2000 g/mol. The zero-order valence-corrected chi connectivity index (χ0v) is 81.0. The minimum absolute atomic E-state index is 0. The second-order valence-corrected chi connectivity index (χ2v) is 32.7. The van der Waals surface area contributed by atoms with Crippen LogP contribution >= 0.6 is 0 Å². The minimum Gasteiger partial charge on any atom is -0.744 e. The van der Waals surface area contributed by atoms with Gasteiger partial charge in [0.15, 0.2) is 19.7 Å². The van der Waals surface area contributed by atoms with E-state index in [-0.39, 0.29) is 158 Å². The molecule has 0 radical (unpaired) electrons. The van der Waals surface area contributed by atoms with Crippen LogP contribution < -0.4 is 137 Å². The Balaban J connectivity index is 0.000000507. The summed E-state index contributed by atoms with van der Waals surface area (Å²) < 4.78 is 388. The number of phenols is 4. The summed E-state index contributed by atoms with van der Waals surface area (Å²) in [6.45, 7) is 0. The van der Waals surface area contributed by atoms with Gasteiger partial charge in [0.25, 0.3) is 0 Å². The van der Waals surface area contributed by atoms with Crippen LogP contribution in [0.5, 0.6) is 57.5 Å². The minimum atomic E-state index is -5.83. The Morgan fingerprint density at radius 3 is 1.08 bits per heavy atom. The van der Waals surface area contributed by atoms with Gasteiger partial charge in [0.2, 0.25) is 10.8 Å². The molecule has 12 aromatic rings. The molecule has 0 amide bonds. The molecule has 0 aliphatic rings. The summed E-state index contributed by atoms with van der Waals surface area (Å²) in [5.74, 6) is 1.89. The summed E-state index contributed by atoms with van der Waals surface area (Å²) in [5, 5.41) is 37.3. The van der Waals surface area contributed by atoms with Crippen LogP contribution in [-0.2, 0) is 72.0 Å². The summed E-state index contributed by atoms with van der Waals surface area (Å²) in [4.78, 5) is -4.28. The molecule has 0 saturated heterocycles. The van der Waals surface area contributed by atoms with E-state index in [4.69, 9.17) is 67.3 Å². The molecule has 0 unspecified atom stereocenters. The van der Waals surface area contributed by atoms with E-state index >= 15 is 0 Å². The maximum Gasteiger partial charge on any atom is 1.00 e. The van der Waals surface area contributed by atoms with Crippen LogP contribution in [0.2, 0.25) is 0 Å². The molecule has 0 bridgehead atoms. The third-order valence-corrected chi connectivity index (χ3v) is 22.8.